The molecule has 0 amide bonds. The molecule has 1 saturated carbocycles. The highest BCUT2D eigenvalue weighted by Crippen LogP contribution is 2.32. The summed E-state index contributed by atoms with van der Waals surface area (Å²) in [7, 11) is -2.97. The molecule has 6 nitrogen and oxygen atoms in total. The molecular weight excluding hydrogens is 240 g/mol. The molecule has 0 bridgehead atoms. The van der Waals surface area contributed by atoms with Gasteiger partial charge in [-0.15, -0.1) is 5.10 Å². The third-order valence-corrected chi connectivity index (χ3v) is 5.15. The Morgan fingerprint density at radius 3 is 2.65 bits per heavy atom. The van der Waals surface area contributed by atoms with Gasteiger partial charge < -0.3 is 5.73 Å². The molecule has 0 saturated heterocycles. The third kappa shape index (κ3) is 2.43. The number of sulfone groups is 1. The normalized spacial score (nSPS) is 26.0. The van der Waals surface area contributed by atoms with Crippen molar-refractivity contribution in [1.29, 1.82) is 0 Å². The lowest BCUT2D eigenvalue weighted by atomic mass is 9.95. The van der Waals surface area contributed by atoms with Crippen molar-refractivity contribution in [3.8, 4) is 0 Å². The maximum absolute atomic E-state index is 11.6. The average Bonchev–Trinajstić information content (AvgIpc) is 2.59. The molecule has 1 aromatic rings. The highest BCUT2D eigenvalue weighted by Gasteiger charge is 2.31. The Labute approximate surface area is 101 Å². The molecule has 0 aliphatic heterocycles. The van der Waals surface area contributed by atoms with Crippen molar-refractivity contribution in [2.24, 2.45) is 0 Å². The van der Waals surface area contributed by atoms with Crippen molar-refractivity contribution in [3.63, 3.8) is 0 Å². The predicted molar refractivity (Wildman–Crippen MR) is 65.3 cm³/mol. The molecule has 1 aliphatic carbocycles. The van der Waals surface area contributed by atoms with E-state index in [1.165, 1.54) is 6.26 Å². The van der Waals surface area contributed by atoms with Gasteiger partial charge in [0.2, 0.25) is 0 Å². The fraction of sp³-hybridized carbons (Fsp3) is 0.800. The molecule has 1 aromatic heterocycles. The van der Waals surface area contributed by atoms with Crippen LogP contribution in [0.5, 0.6) is 0 Å². The summed E-state index contributed by atoms with van der Waals surface area (Å²) < 4.78 is 24.9. The van der Waals surface area contributed by atoms with Crippen molar-refractivity contribution >= 4 is 15.7 Å². The minimum Gasteiger partial charge on any atom is -0.381 e. The second-order valence-electron chi connectivity index (χ2n) is 4.78. The van der Waals surface area contributed by atoms with Crippen molar-refractivity contribution in [2.75, 3.05) is 12.0 Å². The summed E-state index contributed by atoms with van der Waals surface area (Å²) in [4.78, 5) is 0. The summed E-state index contributed by atoms with van der Waals surface area (Å²) in [6.07, 6.45) is 4.51. The number of hydrogen-bond donors (Lipinski definition) is 1. The Balaban J connectivity index is 2.21. The number of anilines is 1. The average molecular weight is 258 g/mol. The topological polar surface area (TPSA) is 90.9 Å². The predicted octanol–water partition coefficient (Wildman–Crippen LogP) is 0.697. The second kappa shape index (κ2) is 4.29. The molecule has 17 heavy (non-hydrogen) atoms. The second-order valence-corrected chi connectivity index (χ2v) is 7.10. The summed E-state index contributed by atoms with van der Waals surface area (Å²) in [5.41, 5.74) is 6.48. The van der Waals surface area contributed by atoms with Crippen LogP contribution in [-0.2, 0) is 9.84 Å². The molecule has 0 aromatic carbocycles. The lowest BCUT2D eigenvalue weighted by Gasteiger charge is -2.28. The van der Waals surface area contributed by atoms with Crippen LogP contribution < -0.4 is 5.73 Å². The van der Waals surface area contributed by atoms with Crippen molar-refractivity contribution < 1.29 is 8.42 Å². The zero-order chi connectivity index (χ0) is 12.6. The van der Waals surface area contributed by atoms with Crippen molar-refractivity contribution in [2.45, 2.75) is 43.9 Å². The zero-order valence-electron chi connectivity index (χ0n) is 10.1. The Morgan fingerprint density at radius 2 is 2.12 bits per heavy atom. The van der Waals surface area contributed by atoms with E-state index in [9.17, 15) is 8.42 Å². The lowest BCUT2D eigenvalue weighted by molar-refractivity contribution is 0.320. The summed E-state index contributed by atoms with van der Waals surface area (Å²) in [6.45, 7) is 1.86. The van der Waals surface area contributed by atoms with E-state index in [1.54, 1.807) is 4.68 Å². The fourth-order valence-electron chi connectivity index (χ4n) is 2.43. The van der Waals surface area contributed by atoms with Gasteiger partial charge in [0.1, 0.15) is 9.84 Å². The fourth-order valence-corrected chi connectivity index (χ4v) is 3.60. The number of nitrogens with zero attached hydrogens (tertiary/aromatic N) is 3. The van der Waals surface area contributed by atoms with Gasteiger partial charge in [-0.25, -0.2) is 13.1 Å². The maximum atomic E-state index is 11.6. The van der Waals surface area contributed by atoms with E-state index in [4.69, 9.17) is 5.73 Å². The van der Waals surface area contributed by atoms with Gasteiger partial charge in [-0.2, -0.15) is 0 Å². The highest BCUT2D eigenvalue weighted by molar-refractivity contribution is 7.91. The highest BCUT2D eigenvalue weighted by atomic mass is 32.2. The van der Waals surface area contributed by atoms with Gasteiger partial charge in [0.15, 0.2) is 5.82 Å². The summed E-state index contributed by atoms with van der Waals surface area (Å²) >= 11 is 0. The van der Waals surface area contributed by atoms with Gasteiger partial charge >= 0.3 is 0 Å². The van der Waals surface area contributed by atoms with E-state index < -0.39 is 9.84 Å². The van der Waals surface area contributed by atoms with Crippen LogP contribution in [0, 0.1) is 6.92 Å². The minimum atomic E-state index is -2.97. The quantitative estimate of drug-likeness (QED) is 0.843. The van der Waals surface area contributed by atoms with Crippen LogP contribution in [0.25, 0.3) is 0 Å². The van der Waals surface area contributed by atoms with Gasteiger partial charge in [-0.3, -0.25) is 0 Å². The molecule has 0 radical (unpaired) electrons. The summed E-state index contributed by atoms with van der Waals surface area (Å²) in [5, 5.41) is 7.56. The SMILES string of the molecule is Cc1c(N)nnn1C1CCCC(S(C)(=O)=O)C1. The standard InChI is InChI=1S/C10H18N4O2S/c1-7-10(11)12-13-14(7)8-4-3-5-9(6-8)17(2,15)16/h8-9H,3-6,11H2,1-2H3. The molecular formula is C10H18N4O2S. The van der Waals surface area contributed by atoms with E-state index >= 15 is 0 Å². The number of aromatic nitrogens is 3. The van der Waals surface area contributed by atoms with Crippen LogP contribution in [-0.4, -0.2) is 34.9 Å². The van der Waals surface area contributed by atoms with E-state index in [2.05, 4.69) is 10.3 Å². The van der Waals surface area contributed by atoms with Crippen molar-refractivity contribution in [1.82, 2.24) is 15.0 Å². The Hall–Kier alpha value is -1.11. The van der Waals surface area contributed by atoms with Gasteiger partial charge in [0, 0.05) is 6.26 Å². The first-order chi connectivity index (χ1) is 7.89. The van der Waals surface area contributed by atoms with E-state index in [0.717, 1.165) is 25.0 Å². The lowest BCUT2D eigenvalue weighted by Crippen LogP contribution is -2.29. The van der Waals surface area contributed by atoms with Crippen LogP contribution in [0.2, 0.25) is 0 Å². The van der Waals surface area contributed by atoms with Gasteiger partial charge in [-0.1, -0.05) is 11.6 Å². The molecule has 96 valence electrons. The molecule has 2 rings (SSSR count). The summed E-state index contributed by atoms with van der Waals surface area (Å²) in [5.74, 6) is 0.423. The van der Waals surface area contributed by atoms with Crippen LogP contribution in [0.3, 0.4) is 0 Å². The Kier molecular flexibility index (Phi) is 3.11. The molecule has 2 atom stereocenters. The van der Waals surface area contributed by atoms with E-state index in [-0.39, 0.29) is 11.3 Å². The van der Waals surface area contributed by atoms with Crippen LogP contribution in [0.4, 0.5) is 5.82 Å². The molecule has 2 unspecified atom stereocenters. The summed E-state index contributed by atoms with van der Waals surface area (Å²) in [6, 6.07) is 0.105. The number of rotatable bonds is 2. The number of hydrogen-bond acceptors (Lipinski definition) is 5. The molecule has 2 N–H and O–H groups in total. The minimum absolute atomic E-state index is 0.105. The zero-order valence-corrected chi connectivity index (χ0v) is 10.9. The molecule has 1 aliphatic rings. The smallest absolute Gasteiger partial charge is 0.168 e. The first-order valence-corrected chi connectivity index (χ1v) is 7.71. The molecule has 0 spiro atoms. The molecule has 1 heterocycles. The first kappa shape index (κ1) is 12.3. The Morgan fingerprint density at radius 1 is 1.41 bits per heavy atom. The van der Waals surface area contributed by atoms with Crippen LogP contribution in [0.1, 0.15) is 37.4 Å². The maximum Gasteiger partial charge on any atom is 0.168 e. The molecule has 1 fully saturated rings. The van der Waals surface area contributed by atoms with Gasteiger partial charge in [-0.05, 0) is 26.2 Å². The Bertz CT molecular complexity index is 508. The van der Waals surface area contributed by atoms with E-state index in [1.807, 2.05) is 6.92 Å². The monoisotopic (exact) mass is 258 g/mol. The van der Waals surface area contributed by atoms with E-state index in [0.29, 0.717) is 12.2 Å². The van der Waals surface area contributed by atoms with Crippen LogP contribution in [0.15, 0.2) is 0 Å². The van der Waals surface area contributed by atoms with Gasteiger partial charge in [0.05, 0.1) is 17.0 Å². The van der Waals surface area contributed by atoms with Gasteiger partial charge in [0.25, 0.3) is 0 Å². The third-order valence-electron chi connectivity index (χ3n) is 3.51. The van der Waals surface area contributed by atoms with Crippen LogP contribution >= 0.6 is 0 Å². The van der Waals surface area contributed by atoms with Crippen molar-refractivity contribution in [3.05, 3.63) is 5.69 Å². The first-order valence-electron chi connectivity index (χ1n) is 5.75. The number of nitrogens with two attached hydrogens (primary N) is 1. The largest absolute Gasteiger partial charge is 0.381 e. The molecule has 7 heteroatoms. The number of nitrogen functional groups attached to an aromatic ring is 1.